The predicted molar refractivity (Wildman–Crippen MR) is 67.4 cm³/mol. The van der Waals surface area contributed by atoms with E-state index in [1.54, 1.807) is 0 Å². The fourth-order valence-corrected chi connectivity index (χ4v) is 3.44. The first kappa shape index (κ1) is 12.4. The molecular formula is C14H27NO. The minimum Gasteiger partial charge on any atom is -0.360 e. The average molecular weight is 225 g/mol. The standard InChI is InChI=1S/C14H27NO/c1-3-7-14(8-4-2)15-11-13(12-16-14)9-5-6-10-13/h15H,3-12H2,1-2H3. The van der Waals surface area contributed by atoms with Crippen LogP contribution in [0.15, 0.2) is 0 Å². The van der Waals surface area contributed by atoms with Crippen molar-refractivity contribution in [3.05, 3.63) is 0 Å². The zero-order chi connectivity index (χ0) is 11.5. The number of ether oxygens (including phenoxy) is 1. The third-order valence-electron chi connectivity index (χ3n) is 4.41. The van der Waals surface area contributed by atoms with Crippen molar-refractivity contribution in [1.82, 2.24) is 5.32 Å². The van der Waals surface area contributed by atoms with Crippen LogP contribution in [0.5, 0.6) is 0 Å². The Kier molecular flexibility index (Phi) is 3.91. The first-order valence-corrected chi connectivity index (χ1v) is 7.13. The van der Waals surface area contributed by atoms with Crippen molar-refractivity contribution in [3.63, 3.8) is 0 Å². The van der Waals surface area contributed by atoms with E-state index in [1.807, 2.05) is 0 Å². The van der Waals surface area contributed by atoms with Crippen LogP contribution in [0.4, 0.5) is 0 Å². The van der Waals surface area contributed by atoms with Gasteiger partial charge in [-0.15, -0.1) is 0 Å². The fraction of sp³-hybridized carbons (Fsp3) is 1.00. The number of hydrogen-bond acceptors (Lipinski definition) is 2. The molecule has 1 aliphatic carbocycles. The second-order valence-corrected chi connectivity index (χ2v) is 5.84. The summed E-state index contributed by atoms with van der Waals surface area (Å²) in [6.45, 7) is 6.69. The third-order valence-corrected chi connectivity index (χ3v) is 4.41. The van der Waals surface area contributed by atoms with Crippen molar-refractivity contribution < 1.29 is 4.74 Å². The molecule has 94 valence electrons. The summed E-state index contributed by atoms with van der Waals surface area (Å²) in [5, 5.41) is 3.74. The minimum absolute atomic E-state index is 0.0112. The summed E-state index contributed by atoms with van der Waals surface area (Å²) in [6.07, 6.45) is 10.3. The van der Waals surface area contributed by atoms with Crippen molar-refractivity contribution in [1.29, 1.82) is 0 Å². The van der Waals surface area contributed by atoms with E-state index < -0.39 is 0 Å². The van der Waals surface area contributed by atoms with Crippen molar-refractivity contribution in [2.75, 3.05) is 13.2 Å². The molecule has 0 amide bonds. The largest absolute Gasteiger partial charge is 0.360 e. The van der Waals surface area contributed by atoms with Gasteiger partial charge in [0.15, 0.2) is 0 Å². The molecule has 1 saturated carbocycles. The molecule has 1 spiro atoms. The van der Waals surface area contributed by atoms with E-state index in [-0.39, 0.29) is 5.72 Å². The summed E-state index contributed by atoms with van der Waals surface area (Å²) in [7, 11) is 0. The van der Waals surface area contributed by atoms with Gasteiger partial charge in [-0.05, 0) is 25.7 Å². The van der Waals surface area contributed by atoms with Gasteiger partial charge in [0.1, 0.15) is 5.72 Å². The first-order chi connectivity index (χ1) is 7.74. The lowest BCUT2D eigenvalue weighted by atomic mass is 9.84. The summed E-state index contributed by atoms with van der Waals surface area (Å²) in [4.78, 5) is 0. The van der Waals surface area contributed by atoms with Gasteiger partial charge in [0.25, 0.3) is 0 Å². The molecule has 2 fully saturated rings. The molecule has 2 rings (SSSR count). The monoisotopic (exact) mass is 225 g/mol. The van der Waals surface area contributed by atoms with Crippen molar-refractivity contribution in [2.24, 2.45) is 5.41 Å². The Bertz CT molecular complexity index is 203. The molecule has 0 radical (unpaired) electrons. The van der Waals surface area contributed by atoms with Crippen LogP contribution in [0.2, 0.25) is 0 Å². The Balaban J connectivity index is 1.94. The molecule has 0 aromatic carbocycles. The van der Waals surface area contributed by atoms with E-state index in [0.29, 0.717) is 5.41 Å². The molecule has 1 heterocycles. The molecule has 1 saturated heterocycles. The van der Waals surface area contributed by atoms with E-state index in [2.05, 4.69) is 19.2 Å². The Morgan fingerprint density at radius 1 is 1.06 bits per heavy atom. The third kappa shape index (κ3) is 2.43. The molecule has 2 heteroatoms. The van der Waals surface area contributed by atoms with E-state index in [1.165, 1.54) is 45.1 Å². The van der Waals surface area contributed by atoms with Crippen LogP contribution < -0.4 is 5.32 Å². The SMILES string of the molecule is CCCC1(CCC)NCC2(CCCC2)CO1. The topological polar surface area (TPSA) is 21.3 Å². The molecule has 0 bridgehead atoms. The molecule has 1 N–H and O–H groups in total. The molecule has 2 nitrogen and oxygen atoms in total. The Morgan fingerprint density at radius 2 is 1.69 bits per heavy atom. The Hall–Kier alpha value is -0.0800. The lowest BCUT2D eigenvalue weighted by Crippen LogP contribution is -2.58. The van der Waals surface area contributed by atoms with Gasteiger partial charge in [-0.1, -0.05) is 39.5 Å². The smallest absolute Gasteiger partial charge is 0.119 e. The van der Waals surface area contributed by atoms with Gasteiger partial charge >= 0.3 is 0 Å². The molecule has 16 heavy (non-hydrogen) atoms. The van der Waals surface area contributed by atoms with Crippen LogP contribution in [0, 0.1) is 5.41 Å². The Morgan fingerprint density at radius 3 is 2.12 bits per heavy atom. The van der Waals surface area contributed by atoms with Gasteiger partial charge in [-0.2, -0.15) is 0 Å². The van der Waals surface area contributed by atoms with Crippen molar-refractivity contribution >= 4 is 0 Å². The molecule has 0 aromatic heterocycles. The van der Waals surface area contributed by atoms with Gasteiger partial charge in [0.2, 0.25) is 0 Å². The number of nitrogens with one attached hydrogen (secondary N) is 1. The molecule has 0 atom stereocenters. The molecule has 1 aliphatic heterocycles. The van der Waals surface area contributed by atoms with Gasteiger partial charge < -0.3 is 4.74 Å². The Labute approximate surface area is 100 Å². The van der Waals surface area contributed by atoms with Crippen molar-refractivity contribution in [3.8, 4) is 0 Å². The normalized spacial score (nSPS) is 27.4. The molecule has 0 aromatic rings. The highest BCUT2D eigenvalue weighted by molar-refractivity contribution is 4.94. The van der Waals surface area contributed by atoms with Gasteiger partial charge in [0.05, 0.1) is 6.61 Å². The highest BCUT2D eigenvalue weighted by Crippen LogP contribution is 2.42. The summed E-state index contributed by atoms with van der Waals surface area (Å²) in [5.41, 5.74) is 0.502. The summed E-state index contributed by atoms with van der Waals surface area (Å²) >= 11 is 0. The fourth-order valence-electron chi connectivity index (χ4n) is 3.44. The van der Waals surface area contributed by atoms with E-state index in [9.17, 15) is 0 Å². The van der Waals surface area contributed by atoms with Crippen LogP contribution in [0.25, 0.3) is 0 Å². The summed E-state index contributed by atoms with van der Waals surface area (Å²) < 4.78 is 6.27. The van der Waals surface area contributed by atoms with E-state index in [4.69, 9.17) is 4.74 Å². The zero-order valence-corrected chi connectivity index (χ0v) is 11.0. The van der Waals surface area contributed by atoms with E-state index >= 15 is 0 Å². The van der Waals surface area contributed by atoms with Gasteiger partial charge in [0, 0.05) is 12.0 Å². The highest BCUT2D eigenvalue weighted by atomic mass is 16.5. The first-order valence-electron chi connectivity index (χ1n) is 7.13. The second-order valence-electron chi connectivity index (χ2n) is 5.84. The van der Waals surface area contributed by atoms with Crippen LogP contribution >= 0.6 is 0 Å². The second kappa shape index (κ2) is 5.05. The quantitative estimate of drug-likeness (QED) is 0.791. The zero-order valence-electron chi connectivity index (χ0n) is 11.0. The molecular weight excluding hydrogens is 198 g/mol. The number of hydrogen-bond donors (Lipinski definition) is 1. The summed E-state index contributed by atoms with van der Waals surface area (Å²) in [6, 6.07) is 0. The average Bonchev–Trinajstić information content (AvgIpc) is 2.73. The van der Waals surface area contributed by atoms with Crippen LogP contribution in [-0.2, 0) is 4.74 Å². The minimum atomic E-state index is 0.0112. The van der Waals surface area contributed by atoms with Gasteiger partial charge in [-0.3, -0.25) is 5.32 Å². The maximum absolute atomic E-state index is 6.27. The summed E-state index contributed by atoms with van der Waals surface area (Å²) in [5.74, 6) is 0. The van der Waals surface area contributed by atoms with Gasteiger partial charge in [-0.25, -0.2) is 0 Å². The van der Waals surface area contributed by atoms with E-state index in [0.717, 1.165) is 19.4 Å². The predicted octanol–water partition coefficient (Wildman–Crippen LogP) is 3.46. The molecule has 2 aliphatic rings. The lowest BCUT2D eigenvalue weighted by Gasteiger charge is -2.46. The highest BCUT2D eigenvalue weighted by Gasteiger charge is 2.43. The van der Waals surface area contributed by atoms with Crippen LogP contribution in [0.1, 0.15) is 65.2 Å². The number of rotatable bonds is 4. The van der Waals surface area contributed by atoms with Crippen molar-refractivity contribution in [2.45, 2.75) is 70.9 Å². The maximum Gasteiger partial charge on any atom is 0.119 e. The van der Waals surface area contributed by atoms with Crippen LogP contribution in [-0.4, -0.2) is 18.9 Å². The molecule has 0 unspecified atom stereocenters. The van der Waals surface area contributed by atoms with Crippen LogP contribution in [0.3, 0.4) is 0 Å². The maximum atomic E-state index is 6.27. The lowest BCUT2D eigenvalue weighted by molar-refractivity contribution is -0.152.